The van der Waals surface area contributed by atoms with Gasteiger partial charge in [-0.05, 0) is 77.1 Å². The number of carbonyl (C=O) groups excluding carboxylic acids is 1. The molecule has 0 saturated carbocycles. The zero-order chi connectivity index (χ0) is 20.9. The molecule has 1 amide bonds. The summed E-state index contributed by atoms with van der Waals surface area (Å²) in [5.41, 5.74) is -0.809. The molecule has 2 rings (SSSR count). The molecule has 2 aromatic rings. The minimum absolute atomic E-state index is 0.229. The molecule has 28 heavy (non-hydrogen) atoms. The van der Waals surface area contributed by atoms with Crippen molar-refractivity contribution in [3.8, 4) is 5.75 Å². The fourth-order valence-corrected chi connectivity index (χ4v) is 2.87. The van der Waals surface area contributed by atoms with Crippen LogP contribution in [0.2, 0.25) is 0 Å². The molecule has 0 bridgehead atoms. The third-order valence-electron chi connectivity index (χ3n) is 3.44. The van der Waals surface area contributed by atoms with E-state index < -0.39 is 17.6 Å². The summed E-state index contributed by atoms with van der Waals surface area (Å²) in [6.45, 7) is 4.50. The van der Waals surface area contributed by atoms with Gasteiger partial charge in [0.25, 0.3) is 5.91 Å². The molecule has 0 radical (unpaired) electrons. The quantitative estimate of drug-likeness (QED) is 0.404. The lowest BCUT2D eigenvalue weighted by molar-refractivity contribution is -0.137. The van der Waals surface area contributed by atoms with E-state index in [1.807, 2.05) is 13.8 Å². The summed E-state index contributed by atoms with van der Waals surface area (Å²) >= 11 is 6.80. The molecule has 0 spiro atoms. The van der Waals surface area contributed by atoms with E-state index in [2.05, 4.69) is 10.6 Å². The van der Waals surface area contributed by atoms with E-state index in [1.165, 1.54) is 12.1 Å². The van der Waals surface area contributed by atoms with Crippen molar-refractivity contribution in [2.45, 2.75) is 20.0 Å². The van der Waals surface area contributed by atoms with Crippen LogP contribution in [0.15, 0.2) is 42.5 Å². The number of benzene rings is 2. The van der Waals surface area contributed by atoms with Crippen molar-refractivity contribution in [1.82, 2.24) is 5.32 Å². The number of amides is 1. The second kappa shape index (κ2) is 9.55. The van der Waals surface area contributed by atoms with Gasteiger partial charge in [0, 0.05) is 9.13 Å². The Balaban J connectivity index is 2.08. The number of halogens is 4. The van der Waals surface area contributed by atoms with Gasteiger partial charge in [0.15, 0.2) is 5.11 Å². The fourth-order valence-electron chi connectivity index (χ4n) is 2.18. The summed E-state index contributed by atoms with van der Waals surface area (Å²) in [7, 11) is 0. The zero-order valence-corrected chi connectivity index (χ0v) is 18.0. The van der Waals surface area contributed by atoms with Crippen molar-refractivity contribution >= 4 is 51.5 Å². The molecule has 0 aromatic heterocycles. The third kappa shape index (κ3) is 6.62. The molecular weight excluding hydrogens is 504 g/mol. The van der Waals surface area contributed by atoms with Gasteiger partial charge in [0.05, 0.1) is 17.9 Å². The molecule has 0 aliphatic carbocycles. The number of hydrogen-bond acceptors (Lipinski definition) is 3. The number of rotatable bonds is 5. The molecule has 0 fully saturated rings. The van der Waals surface area contributed by atoms with Crippen LogP contribution in [0.3, 0.4) is 0 Å². The maximum atomic E-state index is 13.2. The van der Waals surface area contributed by atoms with E-state index >= 15 is 0 Å². The van der Waals surface area contributed by atoms with Crippen molar-refractivity contribution in [2.24, 2.45) is 5.92 Å². The van der Waals surface area contributed by atoms with E-state index in [-0.39, 0.29) is 16.4 Å². The fraction of sp³-hybridized carbons (Fsp3) is 0.263. The van der Waals surface area contributed by atoms with Crippen LogP contribution in [0.1, 0.15) is 29.8 Å². The average molecular weight is 522 g/mol. The van der Waals surface area contributed by atoms with Crippen molar-refractivity contribution < 1.29 is 22.7 Å². The molecule has 9 heteroatoms. The Bertz CT molecular complexity index is 872. The first kappa shape index (κ1) is 22.4. The lowest BCUT2D eigenvalue weighted by Gasteiger charge is -2.16. The molecule has 0 aliphatic heterocycles. The SMILES string of the molecule is CC(C)COc1cccc(C(=O)NC(=S)Nc2ccc(I)cc2C(F)(F)F)c1. The van der Waals surface area contributed by atoms with Crippen LogP contribution in [0, 0.1) is 9.49 Å². The summed E-state index contributed by atoms with van der Waals surface area (Å²) in [6.07, 6.45) is -4.55. The highest BCUT2D eigenvalue weighted by atomic mass is 127. The van der Waals surface area contributed by atoms with Gasteiger partial charge in [0.1, 0.15) is 5.75 Å². The molecular formula is C19H18F3IN2O2S. The van der Waals surface area contributed by atoms with Gasteiger partial charge in [-0.3, -0.25) is 10.1 Å². The predicted octanol–water partition coefficient (Wildman–Crippen LogP) is 5.47. The smallest absolute Gasteiger partial charge is 0.418 e. The summed E-state index contributed by atoms with van der Waals surface area (Å²) in [5.74, 6) is 0.301. The number of ether oxygens (including phenoxy) is 1. The Kier molecular flexibility index (Phi) is 7.64. The van der Waals surface area contributed by atoms with Crippen LogP contribution in [0.25, 0.3) is 0 Å². The van der Waals surface area contributed by atoms with Gasteiger partial charge < -0.3 is 10.1 Å². The summed E-state index contributed by atoms with van der Waals surface area (Å²) in [4.78, 5) is 12.4. The monoisotopic (exact) mass is 522 g/mol. The van der Waals surface area contributed by atoms with Gasteiger partial charge in [0.2, 0.25) is 0 Å². The molecule has 150 valence electrons. The number of thiocarbonyl (C=S) groups is 1. The molecule has 2 N–H and O–H groups in total. The van der Waals surface area contributed by atoms with Crippen LogP contribution in [-0.2, 0) is 6.18 Å². The number of nitrogens with one attached hydrogen (secondary N) is 2. The molecule has 0 heterocycles. The van der Waals surface area contributed by atoms with Gasteiger partial charge >= 0.3 is 6.18 Å². The van der Waals surface area contributed by atoms with Crippen molar-refractivity contribution in [3.63, 3.8) is 0 Å². The van der Waals surface area contributed by atoms with E-state index in [0.717, 1.165) is 6.07 Å². The Hall–Kier alpha value is -1.88. The maximum Gasteiger partial charge on any atom is 0.418 e. The Morgan fingerprint density at radius 1 is 1.21 bits per heavy atom. The first-order valence-corrected chi connectivity index (χ1v) is 9.77. The Morgan fingerprint density at radius 3 is 2.57 bits per heavy atom. The van der Waals surface area contributed by atoms with E-state index in [0.29, 0.717) is 21.8 Å². The second-order valence-corrected chi connectivity index (χ2v) is 7.98. The minimum atomic E-state index is -4.55. The van der Waals surface area contributed by atoms with Crippen molar-refractivity contribution in [2.75, 3.05) is 11.9 Å². The van der Waals surface area contributed by atoms with E-state index in [1.54, 1.807) is 46.9 Å². The van der Waals surface area contributed by atoms with Crippen molar-refractivity contribution in [1.29, 1.82) is 0 Å². The normalized spacial score (nSPS) is 11.2. The van der Waals surface area contributed by atoms with E-state index in [9.17, 15) is 18.0 Å². The maximum absolute atomic E-state index is 13.2. The van der Waals surface area contributed by atoms with Crippen LogP contribution < -0.4 is 15.4 Å². The standard InChI is InChI=1S/C19H18F3IN2O2S/c1-11(2)10-27-14-5-3-4-12(8-14)17(26)25-18(28)24-16-7-6-13(23)9-15(16)19(20,21)22/h3-9,11H,10H2,1-2H3,(H2,24,25,26,28). The molecule has 0 aliphatic rings. The van der Waals surface area contributed by atoms with Crippen LogP contribution >= 0.6 is 34.8 Å². The Morgan fingerprint density at radius 2 is 1.93 bits per heavy atom. The number of carbonyl (C=O) groups is 1. The highest BCUT2D eigenvalue weighted by Crippen LogP contribution is 2.35. The van der Waals surface area contributed by atoms with Crippen molar-refractivity contribution in [3.05, 3.63) is 57.2 Å². The number of hydrogen-bond donors (Lipinski definition) is 2. The third-order valence-corrected chi connectivity index (χ3v) is 4.32. The highest BCUT2D eigenvalue weighted by molar-refractivity contribution is 14.1. The first-order valence-electron chi connectivity index (χ1n) is 8.28. The molecule has 0 saturated heterocycles. The lowest BCUT2D eigenvalue weighted by Crippen LogP contribution is -2.34. The summed E-state index contributed by atoms with van der Waals surface area (Å²) < 4.78 is 45.6. The molecule has 2 aromatic carbocycles. The molecule has 0 unspecified atom stereocenters. The average Bonchev–Trinajstić information content (AvgIpc) is 2.60. The molecule has 4 nitrogen and oxygen atoms in total. The van der Waals surface area contributed by atoms with Crippen LogP contribution in [0.5, 0.6) is 5.75 Å². The largest absolute Gasteiger partial charge is 0.493 e. The predicted molar refractivity (Wildman–Crippen MR) is 115 cm³/mol. The number of alkyl halides is 3. The van der Waals surface area contributed by atoms with Gasteiger partial charge in [-0.15, -0.1) is 0 Å². The Labute approximate surface area is 180 Å². The van der Waals surface area contributed by atoms with Crippen LogP contribution in [0.4, 0.5) is 18.9 Å². The molecule has 0 atom stereocenters. The van der Waals surface area contributed by atoms with Crippen LogP contribution in [-0.4, -0.2) is 17.6 Å². The first-order chi connectivity index (χ1) is 13.1. The summed E-state index contributed by atoms with van der Waals surface area (Å²) in [5, 5.41) is 4.60. The minimum Gasteiger partial charge on any atom is -0.493 e. The van der Waals surface area contributed by atoms with Gasteiger partial charge in [-0.1, -0.05) is 19.9 Å². The van der Waals surface area contributed by atoms with Gasteiger partial charge in [-0.25, -0.2) is 0 Å². The summed E-state index contributed by atoms with van der Waals surface area (Å²) in [6, 6.07) is 10.3. The lowest BCUT2D eigenvalue weighted by atomic mass is 10.1. The topological polar surface area (TPSA) is 50.4 Å². The second-order valence-electron chi connectivity index (χ2n) is 6.33. The van der Waals surface area contributed by atoms with E-state index in [4.69, 9.17) is 17.0 Å². The zero-order valence-electron chi connectivity index (χ0n) is 15.1. The number of anilines is 1. The highest BCUT2D eigenvalue weighted by Gasteiger charge is 2.34. The van der Waals surface area contributed by atoms with Gasteiger partial charge in [-0.2, -0.15) is 13.2 Å².